The van der Waals surface area contributed by atoms with Crippen LogP contribution in [-0.4, -0.2) is 19.1 Å². The summed E-state index contributed by atoms with van der Waals surface area (Å²) in [5, 5.41) is 5.45. The van der Waals surface area contributed by atoms with Crippen molar-refractivity contribution in [3.8, 4) is 0 Å². The van der Waals surface area contributed by atoms with Crippen LogP contribution in [0.4, 0.5) is 0 Å². The predicted octanol–water partition coefficient (Wildman–Crippen LogP) is -0.281. The molecule has 0 aromatic carbocycles. The molecule has 0 bridgehead atoms. The summed E-state index contributed by atoms with van der Waals surface area (Å²) in [7, 11) is 0. The number of rotatable bonds is 4. The maximum absolute atomic E-state index is 10.5. The van der Waals surface area contributed by atoms with Gasteiger partial charge in [-0.2, -0.15) is 0 Å². The number of azide groups is 1. The van der Waals surface area contributed by atoms with E-state index in [0.29, 0.717) is 6.54 Å². The molecule has 0 saturated heterocycles. The average molecular weight is 143 g/mol. The number of nitrogens with two attached hydrogens (primary N) is 1. The van der Waals surface area contributed by atoms with Crippen molar-refractivity contribution < 1.29 is 4.79 Å². The van der Waals surface area contributed by atoms with E-state index in [1.807, 2.05) is 0 Å². The molecule has 3 N–H and O–H groups in total. The van der Waals surface area contributed by atoms with Crippen molar-refractivity contribution in [1.29, 1.82) is 0 Å². The zero-order valence-corrected chi connectivity index (χ0v) is 5.45. The molecule has 0 aliphatic rings. The van der Waals surface area contributed by atoms with E-state index in [1.54, 1.807) is 0 Å². The van der Waals surface area contributed by atoms with Crippen LogP contribution >= 0.6 is 0 Å². The SMILES string of the molecule is [N-]=[N+]=NCNC(=O)CCN. The molecule has 56 valence electrons. The minimum absolute atomic E-state index is 0.00463. The molecule has 0 heterocycles. The topological polar surface area (TPSA) is 104 Å². The quantitative estimate of drug-likeness (QED) is 0.321. The van der Waals surface area contributed by atoms with E-state index < -0.39 is 0 Å². The highest BCUT2D eigenvalue weighted by Crippen LogP contribution is 1.73. The second kappa shape index (κ2) is 5.87. The Bertz CT molecular complexity index is 150. The van der Waals surface area contributed by atoms with Gasteiger partial charge in [0.15, 0.2) is 0 Å². The monoisotopic (exact) mass is 143 g/mol. The summed E-state index contributed by atoms with van der Waals surface area (Å²) in [6.07, 6.45) is 0.265. The molecule has 6 heteroatoms. The number of carbonyl (C=O) groups is 1. The van der Waals surface area contributed by atoms with Gasteiger partial charge in [-0.1, -0.05) is 5.11 Å². The smallest absolute Gasteiger partial charge is 0.221 e. The van der Waals surface area contributed by atoms with Crippen LogP contribution in [0, 0.1) is 0 Å². The summed E-state index contributed by atoms with van der Waals surface area (Å²) in [6, 6.07) is 0. The first-order valence-electron chi connectivity index (χ1n) is 2.79. The van der Waals surface area contributed by atoms with Gasteiger partial charge in [0, 0.05) is 17.9 Å². The van der Waals surface area contributed by atoms with Crippen LogP contribution in [0.2, 0.25) is 0 Å². The third kappa shape index (κ3) is 4.89. The lowest BCUT2D eigenvalue weighted by molar-refractivity contribution is -0.120. The molecular weight excluding hydrogens is 134 g/mol. The molecule has 6 nitrogen and oxygen atoms in total. The number of nitrogens with one attached hydrogen (secondary N) is 1. The van der Waals surface area contributed by atoms with Crippen molar-refractivity contribution in [2.24, 2.45) is 10.8 Å². The van der Waals surface area contributed by atoms with Gasteiger partial charge < -0.3 is 11.1 Å². The molecule has 0 unspecified atom stereocenters. The number of nitrogens with zero attached hydrogens (tertiary/aromatic N) is 3. The summed E-state index contributed by atoms with van der Waals surface area (Å²) in [5.41, 5.74) is 12.9. The van der Waals surface area contributed by atoms with Gasteiger partial charge in [0.05, 0.1) is 6.67 Å². The molecule has 0 fully saturated rings. The van der Waals surface area contributed by atoms with Crippen LogP contribution < -0.4 is 11.1 Å². The van der Waals surface area contributed by atoms with E-state index in [1.165, 1.54) is 0 Å². The van der Waals surface area contributed by atoms with Gasteiger partial charge in [0.2, 0.25) is 5.91 Å². The first kappa shape index (κ1) is 8.74. The van der Waals surface area contributed by atoms with Crippen LogP contribution in [0.3, 0.4) is 0 Å². The maximum atomic E-state index is 10.5. The Labute approximate surface area is 58.0 Å². The third-order valence-corrected chi connectivity index (χ3v) is 0.782. The molecular formula is C4H9N5O. The van der Waals surface area contributed by atoms with Crippen molar-refractivity contribution in [2.75, 3.05) is 13.2 Å². The van der Waals surface area contributed by atoms with Crippen LogP contribution in [-0.2, 0) is 4.79 Å². The molecule has 0 saturated carbocycles. The minimum atomic E-state index is -0.199. The lowest BCUT2D eigenvalue weighted by atomic mass is 10.4. The number of hydrogen-bond acceptors (Lipinski definition) is 3. The van der Waals surface area contributed by atoms with E-state index in [9.17, 15) is 4.79 Å². The molecule has 0 aromatic heterocycles. The second-order valence-corrected chi connectivity index (χ2v) is 1.53. The fourth-order valence-electron chi connectivity index (χ4n) is 0.375. The van der Waals surface area contributed by atoms with Gasteiger partial charge in [-0.3, -0.25) is 4.79 Å². The molecule has 0 aliphatic carbocycles. The summed E-state index contributed by atoms with van der Waals surface area (Å²) >= 11 is 0. The van der Waals surface area contributed by atoms with Gasteiger partial charge in [0.1, 0.15) is 0 Å². The van der Waals surface area contributed by atoms with E-state index in [2.05, 4.69) is 15.3 Å². The molecule has 0 aliphatic heterocycles. The van der Waals surface area contributed by atoms with E-state index in [4.69, 9.17) is 11.3 Å². The lowest BCUT2D eigenvalue weighted by Gasteiger charge is -1.96. The van der Waals surface area contributed by atoms with Crippen molar-refractivity contribution >= 4 is 5.91 Å². The minimum Gasteiger partial charge on any atom is -0.350 e. The van der Waals surface area contributed by atoms with Gasteiger partial charge in [-0.15, -0.1) is 0 Å². The molecule has 0 atom stereocenters. The second-order valence-electron chi connectivity index (χ2n) is 1.53. The number of amides is 1. The summed E-state index contributed by atoms with van der Waals surface area (Å²) in [5.74, 6) is -0.199. The zero-order valence-electron chi connectivity index (χ0n) is 5.45. The van der Waals surface area contributed by atoms with Gasteiger partial charge >= 0.3 is 0 Å². The normalized spacial score (nSPS) is 8.10. The van der Waals surface area contributed by atoms with Crippen LogP contribution in [0.5, 0.6) is 0 Å². The van der Waals surface area contributed by atoms with Gasteiger partial charge in [-0.25, -0.2) is 0 Å². The first-order chi connectivity index (χ1) is 4.81. The Morgan fingerprint density at radius 1 is 1.80 bits per heavy atom. The fraction of sp³-hybridized carbons (Fsp3) is 0.750. The average Bonchev–Trinajstić information content (AvgIpc) is 1.89. The van der Waals surface area contributed by atoms with Gasteiger partial charge in [-0.05, 0) is 5.53 Å². The summed E-state index contributed by atoms with van der Waals surface area (Å²) < 4.78 is 0. The third-order valence-electron chi connectivity index (χ3n) is 0.782. The Hall–Kier alpha value is -1.26. The highest BCUT2D eigenvalue weighted by Gasteiger charge is 1.94. The summed E-state index contributed by atoms with van der Waals surface area (Å²) in [4.78, 5) is 13.0. The lowest BCUT2D eigenvalue weighted by Crippen LogP contribution is -2.25. The molecule has 10 heavy (non-hydrogen) atoms. The number of carbonyl (C=O) groups excluding carboxylic acids is 1. The predicted molar refractivity (Wildman–Crippen MR) is 35.8 cm³/mol. The Kier molecular flexibility index (Phi) is 5.13. The Morgan fingerprint density at radius 3 is 3.00 bits per heavy atom. The zero-order chi connectivity index (χ0) is 7.82. The van der Waals surface area contributed by atoms with E-state index in [0.717, 1.165) is 0 Å². The van der Waals surface area contributed by atoms with E-state index in [-0.39, 0.29) is 19.0 Å². The van der Waals surface area contributed by atoms with Crippen LogP contribution in [0.15, 0.2) is 5.11 Å². The van der Waals surface area contributed by atoms with Crippen LogP contribution in [0.1, 0.15) is 6.42 Å². The maximum Gasteiger partial charge on any atom is 0.221 e. The molecule has 0 radical (unpaired) electrons. The molecule has 0 aromatic rings. The molecule has 0 spiro atoms. The standard InChI is InChI=1S/C4H9N5O/c5-2-1-4(10)7-3-8-9-6/h1-3,5H2,(H,7,10). The van der Waals surface area contributed by atoms with Crippen molar-refractivity contribution in [1.82, 2.24) is 5.32 Å². The first-order valence-corrected chi connectivity index (χ1v) is 2.79. The number of hydrogen-bond donors (Lipinski definition) is 2. The van der Waals surface area contributed by atoms with Crippen molar-refractivity contribution in [2.45, 2.75) is 6.42 Å². The highest BCUT2D eigenvalue weighted by molar-refractivity contribution is 5.75. The molecule has 0 rings (SSSR count). The van der Waals surface area contributed by atoms with Crippen molar-refractivity contribution in [3.63, 3.8) is 0 Å². The Balaban J connectivity index is 3.30. The Morgan fingerprint density at radius 2 is 2.50 bits per heavy atom. The largest absolute Gasteiger partial charge is 0.350 e. The van der Waals surface area contributed by atoms with Crippen LogP contribution in [0.25, 0.3) is 10.4 Å². The summed E-state index contributed by atoms with van der Waals surface area (Å²) in [6.45, 7) is 0.303. The molecule has 1 amide bonds. The van der Waals surface area contributed by atoms with Crippen molar-refractivity contribution in [3.05, 3.63) is 10.4 Å². The van der Waals surface area contributed by atoms with Gasteiger partial charge in [0.25, 0.3) is 0 Å². The highest BCUT2D eigenvalue weighted by atomic mass is 16.1. The van der Waals surface area contributed by atoms with E-state index >= 15 is 0 Å². The fourth-order valence-corrected chi connectivity index (χ4v) is 0.375.